The van der Waals surface area contributed by atoms with E-state index in [4.69, 9.17) is 4.98 Å². The number of rotatable bonds is 3. The van der Waals surface area contributed by atoms with Crippen LogP contribution in [-0.4, -0.2) is 38.1 Å². The van der Waals surface area contributed by atoms with Gasteiger partial charge >= 0.3 is 0 Å². The van der Waals surface area contributed by atoms with Gasteiger partial charge in [-0.1, -0.05) is 27.2 Å². The fourth-order valence-corrected chi connectivity index (χ4v) is 3.81. The van der Waals surface area contributed by atoms with Crippen molar-refractivity contribution in [2.75, 3.05) is 6.54 Å². The smallest absolute Gasteiger partial charge is 0.160 e. The van der Waals surface area contributed by atoms with Crippen LogP contribution in [0.1, 0.15) is 59.7 Å². The molecule has 2 aromatic heterocycles. The molecule has 0 bridgehead atoms. The van der Waals surface area contributed by atoms with Crippen molar-refractivity contribution in [2.45, 2.75) is 77.9 Å². The van der Waals surface area contributed by atoms with Crippen LogP contribution < -0.4 is 0 Å². The molecular weight excluding hydrogens is 284 g/mol. The highest BCUT2D eigenvalue weighted by Crippen LogP contribution is 2.28. The second kappa shape index (κ2) is 6.23. The summed E-state index contributed by atoms with van der Waals surface area (Å²) >= 11 is 0. The second-order valence-electron chi connectivity index (χ2n) is 8.12. The molecule has 2 aromatic rings. The van der Waals surface area contributed by atoms with Crippen molar-refractivity contribution >= 4 is 11.2 Å². The summed E-state index contributed by atoms with van der Waals surface area (Å²) in [5.41, 5.74) is 2.08. The van der Waals surface area contributed by atoms with Crippen LogP contribution in [0.25, 0.3) is 11.2 Å². The lowest BCUT2D eigenvalue weighted by molar-refractivity contribution is 0.0986. The Morgan fingerprint density at radius 1 is 1.26 bits per heavy atom. The van der Waals surface area contributed by atoms with E-state index < -0.39 is 0 Å². The Morgan fingerprint density at radius 2 is 2.04 bits per heavy atom. The molecule has 0 aromatic carbocycles. The van der Waals surface area contributed by atoms with E-state index in [-0.39, 0.29) is 5.41 Å². The molecule has 126 valence electrons. The van der Waals surface area contributed by atoms with Crippen molar-refractivity contribution in [1.82, 2.24) is 19.4 Å². The molecule has 0 saturated carbocycles. The van der Waals surface area contributed by atoms with E-state index in [2.05, 4.69) is 55.1 Å². The molecule has 4 nitrogen and oxygen atoms in total. The van der Waals surface area contributed by atoms with E-state index in [1.54, 1.807) is 0 Å². The highest BCUT2D eigenvalue weighted by atomic mass is 15.2. The third-order valence-corrected chi connectivity index (χ3v) is 4.90. The van der Waals surface area contributed by atoms with Gasteiger partial charge in [0.25, 0.3) is 0 Å². The summed E-state index contributed by atoms with van der Waals surface area (Å²) in [6.07, 6.45) is 5.81. The molecule has 1 atom stereocenters. The predicted octanol–water partition coefficient (Wildman–Crippen LogP) is 3.99. The molecule has 0 spiro atoms. The number of imidazole rings is 1. The lowest BCUT2D eigenvalue weighted by Crippen LogP contribution is -2.46. The maximum atomic E-state index is 4.90. The zero-order chi connectivity index (χ0) is 16.6. The van der Waals surface area contributed by atoms with E-state index in [0.29, 0.717) is 12.1 Å². The number of likely N-dealkylation sites (tertiary alicyclic amines) is 1. The average Bonchev–Trinajstić information content (AvgIpc) is 2.87. The van der Waals surface area contributed by atoms with E-state index >= 15 is 0 Å². The van der Waals surface area contributed by atoms with Crippen molar-refractivity contribution in [3.63, 3.8) is 0 Å². The molecule has 23 heavy (non-hydrogen) atoms. The molecule has 4 heteroatoms. The van der Waals surface area contributed by atoms with Gasteiger partial charge in [0.15, 0.2) is 5.65 Å². The third-order valence-electron chi connectivity index (χ3n) is 4.90. The first-order valence-electron chi connectivity index (χ1n) is 8.95. The Hall–Kier alpha value is -1.42. The van der Waals surface area contributed by atoms with Crippen LogP contribution in [0.4, 0.5) is 0 Å². The predicted molar refractivity (Wildman–Crippen MR) is 95.7 cm³/mol. The van der Waals surface area contributed by atoms with E-state index in [0.717, 1.165) is 23.5 Å². The molecule has 1 unspecified atom stereocenters. The van der Waals surface area contributed by atoms with Crippen molar-refractivity contribution < 1.29 is 0 Å². The van der Waals surface area contributed by atoms with Gasteiger partial charge in [-0.2, -0.15) is 0 Å². The van der Waals surface area contributed by atoms with Crippen molar-refractivity contribution in [2.24, 2.45) is 0 Å². The molecule has 3 heterocycles. The van der Waals surface area contributed by atoms with E-state index in [1.165, 1.54) is 25.8 Å². The Kier molecular flexibility index (Phi) is 4.45. The Labute approximate surface area is 139 Å². The molecule has 1 aliphatic rings. The quantitative estimate of drug-likeness (QED) is 0.859. The summed E-state index contributed by atoms with van der Waals surface area (Å²) in [7, 11) is 0. The maximum Gasteiger partial charge on any atom is 0.160 e. The number of hydrogen-bond donors (Lipinski definition) is 0. The number of nitrogens with zero attached hydrogens (tertiary/aromatic N) is 4. The van der Waals surface area contributed by atoms with Crippen molar-refractivity contribution in [1.29, 1.82) is 0 Å². The van der Waals surface area contributed by atoms with Gasteiger partial charge in [0.05, 0.1) is 0 Å². The van der Waals surface area contributed by atoms with Crippen LogP contribution in [0.3, 0.4) is 0 Å². The van der Waals surface area contributed by atoms with Gasteiger partial charge in [-0.3, -0.25) is 4.90 Å². The lowest BCUT2D eigenvalue weighted by Gasteiger charge is -2.39. The number of pyridine rings is 1. The lowest BCUT2D eigenvalue weighted by atomic mass is 9.95. The highest BCUT2D eigenvalue weighted by Gasteiger charge is 2.29. The number of hydrogen-bond acceptors (Lipinski definition) is 3. The standard InChI is InChI=1S/C19H30N4/c1-14(2)22-12-7-6-9-15(22)13-23-17-16(10-8-11-20-17)21-18(23)19(3,4)5/h8,10-11,14-15H,6-7,9,12-13H2,1-5H3. The first-order chi connectivity index (χ1) is 10.9. The van der Waals surface area contributed by atoms with Gasteiger partial charge in [-0.25, -0.2) is 9.97 Å². The van der Waals surface area contributed by atoms with Gasteiger partial charge in [0, 0.05) is 30.2 Å². The molecular formula is C19H30N4. The average molecular weight is 314 g/mol. The molecule has 0 amide bonds. The Balaban J connectivity index is 2.01. The fourth-order valence-electron chi connectivity index (χ4n) is 3.81. The van der Waals surface area contributed by atoms with Crippen LogP contribution in [0, 0.1) is 0 Å². The third kappa shape index (κ3) is 3.27. The van der Waals surface area contributed by atoms with Crippen LogP contribution in [-0.2, 0) is 12.0 Å². The maximum absolute atomic E-state index is 4.90. The summed E-state index contributed by atoms with van der Waals surface area (Å²) in [6, 6.07) is 5.24. The molecule has 1 saturated heterocycles. The molecule has 1 fully saturated rings. The molecule has 0 aliphatic carbocycles. The molecule has 1 aliphatic heterocycles. The molecule has 0 radical (unpaired) electrons. The number of fused-ring (bicyclic) bond motifs is 1. The van der Waals surface area contributed by atoms with Crippen LogP contribution in [0.5, 0.6) is 0 Å². The highest BCUT2D eigenvalue weighted by molar-refractivity contribution is 5.71. The van der Waals surface area contributed by atoms with Crippen LogP contribution in [0.2, 0.25) is 0 Å². The fraction of sp³-hybridized carbons (Fsp3) is 0.684. The van der Waals surface area contributed by atoms with Gasteiger partial charge in [0.2, 0.25) is 0 Å². The summed E-state index contributed by atoms with van der Waals surface area (Å²) in [5, 5.41) is 0. The minimum Gasteiger partial charge on any atom is -0.311 e. The topological polar surface area (TPSA) is 34.0 Å². The monoisotopic (exact) mass is 314 g/mol. The van der Waals surface area contributed by atoms with Gasteiger partial charge in [0.1, 0.15) is 11.3 Å². The normalized spacial score (nSPS) is 20.5. The first kappa shape index (κ1) is 16.4. The van der Waals surface area contributed by atoms with Crippen LogP contribution in [0.15, 0.2) is 18.3 Å². The zero-order valence-electron chi connectivity index (χ0n) is 15.2. The SMILES string of the molecule is CC(C)N1CCCCC1Cn1c(C(C)(C)C)nc2cccnc21. The summed E-state index contributed by atoms with van der Waals surface area (Å²) < 4.78 is 2.38. The zero-order valence-corrected chi connectivity index (χ0v) is 15.2. The largest absolute Gasteiger partial charge is 0.311 e. The summed E-state index contributed by atoms with van der Waals surface area (Å²) in [4.78, 5) is 12.2. The molecule has 0 N–H and O–H groups in total. The van der Waals surface area contributed by atoms with E-state index in [9.17, 15) is 0 Å². The second-order valence-corrected chi connectivity index (χ2v) is 8.12. The Bertz CT molecular complexity index is 666. The number of piperidine rings is 1. The molecule has 3 rings (SSSR count). The first-order valence-corrected chi connectivity index (χ1v) is 8.95. The van der Waals surface area contributed by atoms with Gasteiger partial charge in [-0.15, -0.1) is 0 Å². The summed E-state index contributed by atoms with van der Waals surface area (Å²) in [6.45, 7) is 13.6. The van der Waals surface area contributed by atoms with Gasteiger partial charge < -0.3 is 4.57 Å². The minimum absolute atomic E-state index is 0.0258. The van der Waals surface area contributed by atoms with Crippen molar-refractivity contribution in [3.8, 4) is 0 Å². The van der Waals surface area contributed by atoms with E-state index in [1.807, 2.05) is 12.3 Å². The Morgan fingerprint density at radius 3 is 2.74 bits per heavy atom. The summed E-state index contributed by atoms with van der Waals surface area (Å²) in [5.74, 6) is 1.15. The minimum atomic E-state index is 0.0258. The van der Waals surface area contributed by atoms with Crippen molar-refractivity contribution in [3.05, 3.63) is 24.2 Å². The van der Waals surface area contributed by atoms with Gasteiger partial charge in [-0.05, 0) is 45.4 Å². The number of aromatic nitrogens is 3. The van der Waals surface area contributed by atoms with Crippen LogP contribution >= 0.6 is 0 Å².